The van der Waals surface area contributed by atoms with Crippen molar-refractivity contribution in [3.05, 3.63) is 23.8 Å². The third kappa shape index (κ3) is 4.46. The summed E-state index contributed by atoms with van der Waals surface area (Å²) in [7, 11) is -3.49. The van der Waals surface area contributed by atoms with Crippen molar-refractivity contribution in [2.24, 2.45) is 0 Å². The Balaban J connectivity index is 2.18. The molecule has 0 aliphatic carbocycles. The van der Waals surface area contributed by atoms with Crippen LogP contribution < -0.4 is 4.74 Å². The van der Waals surface area contributed by atoms with Crippen LogP contribution in [0.15, 0.2) is 23.1 Å². The van der Waals surface area contributed by atoms with E-state index in [-0.39, 0.29) is 12.2 Å². The Morgan fingerprint density at radius 3 is 2.48 bits per heavy atom. The third-order valence-corrected chi connectivity index (χ3v) is 5.75. The highest BCUT2D eigenvalue weighted by atomic mass is 32.2. The molecule has 0 radical (unpaired) electrons. The zero-order valence-corrected chi connectivity index (χ0v) is 15.2. The molecule has 1 heterocycles. The highest BCUT2D eigenvalue weighted by Crippen LogP contribution is 2.26. The van der Waals surface area contributed by atoms with Crippen LogP contribution in [0, 0.1) is 6.92 Å². The third-order valence-electron chi connectivity index (χ3n) is 3.93. The second-order valence-corrected chi connectivity index (χ2v) is 8.15. The molecule has 2 atom stereocenters. The van der Waals surface area contributed by atoms with Crippen LogP contribution in [0.3, 0.4) is 0 Å². The molecule has 1 fully saturated rings. The second kappa shape index (κ2) is 7.64. The van der Waals surface area contributed by atoms with Crippen molar-refractivity contribution in [2.75, 3.05) is 19.7 Å². The molecule has 0 saturated carbocycles. The molecule has 0 N–H and O–H groups in total. The molecule has 0 aromatic heterocycles. The fourth-order valence-electron chi connectivity index (χ4n) is 2.75. The number of aryl methyl sites for hydroxylation is 1. The van der Waals surface area contributed by atoms with Crippen molar-refractivity contribution in [1.82, 2.24) is 4.31 Å². The van der Waals surface area contributed by atoms with Gasteiger partial charge in [0.1, 0.15) is 5.75 Å². The molecular formula is C17H27NO4S. The Bertz CT molecular complexity index is 619. The van der Waals surface area contributed by atoms with Gasteiger partial charge in [0.25, 0.3) is 0 Å². The fraction of sp³-hybridized carbons (Fsp3) is 0.647. The van der Waals surface area contributed by atoms with Gasteiger partial charge in [-0.25, -0.2) is 8.42 Å². The van der Waals surface area contributed by atoms with Gasteiger partial charge in [-0.2, -0.15) is 4.31 Å². The van der Waals surface area contributed by atoms with E-state index in [1.54, 1.807) is 18.2 Å². The topological polar surface area (TPSA) is 55.8 Å². The van der Waals surface area contributed by atoms with E-state index in [0.29, 0.717) is 24.6 Å². The van der Waals surface area contributed by atoms with Crippen LogP contribution in [0.2, 0.25) is 0 Å². The van der Waals surface area contributed by atoms with Crippen molar-refractivity contribution in [1.29, 1.82) is 0 Å². The maximum atomic E-state index is 12.8. The second-order valence-electron chi connectivity index (χ2n) is 6.21. The van der Waals surface area contributed by atoms with Crippen molar-refractivity contribution in [2.45, 2.75) is 57.6 Å². The summed E-state index contributed by atoms with van der Waals surface area (Å²) in [6.45, 7) is 9.21. The number of nitrogens with zero attached hydrogens (tertiary/aromatic N) is 1. The number of ether oxygens (including phenoxy) is 2. The summed E-state index contributed by atoms with van der Waals surface area (Å²) < 4.78 is 38.5. The molecular weight excluding hydrogens is 314 g/mol. The summed E-state index contributed by atoms with van der Waals surface area (Å²) in [6.07, 6.45) is 1.87. The van der Waals surface area contributed by atoms with E-state index < -0.39 is 10.0 Å². The van der Waals surface area contributed by atoms with Crippen LogP contribution >= 0.6 is 0 Å². The Kier molecular flexibility index (Phi) is 6.06. The van der Waals surface area contributed by atoms with E-state index in [0.717, 1.165) is 24.2 Å². The van der Waals surface area contributed by atoms with E-state index in [9.17, 15) is 8.42 Å². The molecule has 1 aliphatic heterocycles. The molecule has 0 spiro atoms. The summed E-state index contributed by atoms with van der Waals surface area (Å²) >= 11 is 0. The first-order chi connectivity index (χ1) is 10.8. The Morgan fingerprint density at radius 2 is 1.91 bits per heavy atom. The lowest BCUT2D eigenvalue weighted by molar-refractivity contribution is -0.0440. The van der Waals surface area contributed by atoms with Gasteiger partial charge in [-0.3, -0.25) is 0 Å². The molecule has 0 amide bonds. The summed E-state index contributed by atoms with van der Waals surface area (Å²) in [5.41, 5.74) is 0.844. The van der Waals surface area contributed by atoms with Crippen LogP contribution in [-0.4, -0.2) is 44.6 Å². The van der Waals surface area contributed by atoms with Crippen molar-refractivity contribution >= 4 is 10.0 Å². The maximum absolute atomic E-state index is 12.8. The molecule has 6 heteroatoms. The smallest absolute Gasteiger partial charge is 0.243 e. The minimum absolute atomic E-state index is 0.0914. The molecule has 130 valence electrons. The number of morpholine rings is 1. The summed E-state index contributed by atoms with van der Waals surface area (Å²) in [4.78, 5) is 0.319. The number of hydrogen-bond acceptors (Lipinski definition) is 4. The predicted octanol–water partition coefficient (Wildman–Crippen LogP) is 2.97. The van der Waals surface area contributed by atoms with Gasteiger partial charge in [-0.1, -0.05) is 13.3 Å². The average molecular weight is 341 g/mol. The van der Waals surface area contributed by atoms with Gasteiger partial charge < -0.3 is 9.47 Å². The summed E-state index contributed by atoms with van der Waals surface area (Å²) in [5.74, 6) is 0.751. The van der Waals surface area contributed by atoms with E-state index in [1.807, 2.05) is 20.8 Å². The zero-order valence-electron chi connectivity index (χ0n) is 14.4. The average Bonchev–Trinajstić information content (AvgIpc) is 2.48. The summed E-state index contributed by atoms with van der Waals surface area (Å²) in [6, 6.07) is 5.08. The minimum atomic E-state index is -3.49. The molecule has 1 saturated heterocycles. The molecule has 1 aliphatic rings. The Morgan fingerprint density at radius 1 is 1.26 bits per heavy atom. The maximum Gasteiger partial charge on any atom is 0.243 e. The molecule has 23 heavy (non-hydrogen) atoms. The van der Waals surface area contributed by atoms with Crippen molar-refractivity contribution < 1.29 is 17.9 Å². The van der Waals surface area contributed by atoms with Gasteiger partial charge in [0, 0.05) is 13.1 Å². The fourth-order valence-corrected chi connectivity index (χ4v) is 4.42. The lowest BCUT2D eigenvalue weighted by Crippen LogP contribution is -2.48. The van der Waals surface area contributed by atoms with E-state index in [1.165, 1.54) is 4.31 Å². The van der Waals surface area contributed by atoms with Crippen LogP contribution in [0.1, 0.15) is 39.2 Å². The highest BCUT2D eigenvalue weighted by molar-refractivity contribution is 7.89. The lowest BCUT2D eigenvalue weighted by atomic mass is 10.2. The van der Waals surface area contributed by atoms with Gasteiger partial charge >= 0.3 is 0 Å². The Labute approximate surface area is 139 Å². The van der Waals surface area contributed by atoms with E-state index in [4.69, 9.17) is 9.47 Å². The van der Waals surface area contributed by atoms with Crippen LogP contribution in [0.4, 0.5) is 0 Å². The van der Waals surface area contributed by atoms with Gasteiger partial charge in [0.15, 0.2) is 0 Å². The molecule has 5 nitrogen and oxygen atoms in total. The molecule has 1 aromatic rings. The van der Waals surface area contributed by atoms with Gasteiger partial charge in [-0.15, -0.1) is 0 Å². The largest absolute Gasteiger partial charge is 0.493 e. The first-order valence-corrected chi connectivity index (χ1v) is 9.67. The standard InChI is InChI=1S/C17H27NO4S/c1-5-6-9-21-17-8-7-16(10-13(17)2)23(19,20)18-11-14(3)22-15(4)12-18/h7-8,10,14-15H,5-6,9,11-12H2,1-4H3/t14-,15-/m0/s1. The number of hydrogen-bond donors (Lipinski definition) is 0. The highest BCUT2D eigenvalue weighted by Gasteiger charge is 2.32. The van der Waals surface area contributed by atoms with Crippen LogP contribution in [0.25, 0.3) is 0 Å². The SMILES string of the molecule is CCCCOc1ccc(S(=O)(=O)N2C[C@H](C)O[C@@H](C)C2)cc1C. The normalized spacial score (nSPS) is 23.0. The van der Waals surface area contributed by atoms with Crippen LogP contribution in [-0.2, 0) is 14.8 Å². The molecule has 1 aromatic carbocycles. The lowest BCUT2D eigenvalue weighted by Gasteiger charge is -2.34. The molecule has 0 bridgehead atoms. The van der Waals surface area contributed by atoms with E-state index in [2.05, 4.69) is 6.92 Å². The monoisotopic (exact) mass is 341 g/mol. The zero-order chi connectivity index (χ0) is 17.0. The minimum Gasteiger partial charge on any atom is -0.493 e. The number of sulfonamides is 1. The van der Waals surface area contributed by atoms with Crippen molar-refractivity contribution in [3.8, 4) is 5.75 Å². The van der Waals surface area contributed by atoms with E-state index >= 15 is 0 Å². The van der Waals surface area contributed by atoms with Crippen molar-refractivity contribution in [3.63, 3.8) is 0 Å². The summed E-state index contributed by atoms with van der Waals surface area (Å²) in [5, 5.41) is 0. The predicted molar refractivity (Wildman–Crippen MR) is 90.3 cm³/mol. The van der Waals surface area contributed by atoms with Gasteiger partial charge in [-0.05, 0) is 51.0 Å². The number of rotatable bonds is 6. The molecule has 2 rings (SSSR count). The first kappa shape index (κ1) is 18.2. The quantitative estimate of drug-likeness (QED) is 0.747. The van der Waals surface area contributed by atoms with Gasteiger partial charge in [0.2, 0.25) is 10.0 Å². The molecule has 0 unspecified atom stereocenters. The first-order valence-electron chi connectivity index (χ1n) is 8.23. The Hall–Kier alpha value is -1.11. The number of unbranched alkanes of at least 4 members (excludes halogenated alkanes) is 1. The van der Waals surface area contributed by atoms with Crippen LogP contribution in [0.5, 0.6) is 5.75 Å². The van der Waals surface area contributed by atoms with Gasteiger partial charge in [0.05, 0.1) is 23.7 Å². The number of benzene rings is 1.